The molecule has 4 atom stereocenters. The lowest BCUT2D eigenvalue weighted by molar-refractivity contribution is -0.132. The normalized spacial score (nSPS) is 21.7. The lowest BCUT2D eigenvalue weighted by atomic mass is 9.77. The summed E-state index contributed by atoms with van der Waals surface area (Å²) in [4.78, 5) is 28.2. The summed E-state index contributed by atoms with van der Waals surface area (Å²) in [6.45, 7) is 7.78. The van der Waals surface area contributed by atoms with Gasteiger partial charge in [-0.3, -0.25) is 9.59 Å². The van der Waals surface area contributed by atoms with Gasteiger partial charge in [0.1, 0.15) is 12.2 Å². The number of hydrogen-bond donors (Lipinski definition) is 4. The van der Waals surface area contributed by atoms with E-state index >= 15 is 0 Å². The van der Waals surface area contributed by atoms with E-state index < -0.39 is 30.1 Å². The summed E-state index contributed by atoms with van der Waals surface area (Å²) < 4.78 is 17.4. The first-order valence-electron chi connectivity index (χ1n) is 13.0. The van der Waals surface area contributed by atoms with Crippen molar-refractivity contribution >= 4 is 11.8 Å². The van der Waals surface area contributed by atoms with Crippen LogP contribution in [0.15, 0.2) is 35.4 Å². The van der Waals surface area contributed by atoms with Gasteiger partial charge in [-0.15, -0.1) is 0 Å². The number of rotatable bonds is 12. The zero-order valence-corrected chi connectivity index (χ0v) is 22.8. The van der Waals surface area contributed by atoms with E-state index in [9.17, 15) is 24.9 Å². The van der Waals surface area contributed by atoms with Gasteiger partial charge in [0.2, 0.25) is 11.8 Å². The molecule has 0 radical (unpaired) electrons. The first-order valence-corrected chi connectivity index (χ1v) is 13.0. The van der Waals surface area contributed by atoms with Gasteiger partial charge in [0, 0.05) is 36.9 Å². The Labute approximate surface area is 223 Å². The third kappa shape index (κ3) is 6.55. The van der Waals surface area contributed by atoms with Gasteiger partial charge in [0.05, 0.1) is 38.4 Å². The predicted octanol–water partition coefficient (Wildman–Crippen LogP) is 1.42. The Bertz CT molecular complexity index is 1060. The lowest BCUT2D eigenvalue weighted by Crippen LogP contribution is -2.55. The summed E-state index contributed by atoms with van der Waals surface area (Å²) in [5, 5.41) is 33.4. The number of benzene rings is 1. The molecule has 0 fully saturated rings. The highest BCUT2D eigenvalue weighted by Crippen LogP contribution is 2.51. The SMILES string of the molecule is COc1cc(CO)cc2c1OC1C2C(C(=O)NCCO)=CC(N(CCCOC(C)C)C(=O)C=C(C)C)C1O. The molecule has 1 aliphatic carbocycles. The fourth-order valence-corrected chi connectivity index (χ4v) is 4.91. The summed E-state index contributed by atoms with van der Waals surface area (Å²) in [6.07, 6.45) is 1.66. The van der Waals surface area contributed by atoms with Gasteiger partial charge in [0.15, 0.2) is 11.5 Å². The third-order valence-corrected chi connectivity index (χ3v) is 6.54. The number of nitrogens with zero attached hydrogens (tertiary/aromatic N) is 1. The first-order chi connectivity index (χ1) is 18.1. The maximum Gasteiger partial charge on any atom is 0.247 e. The van der Waals surface area contributed by atoms with E-state index in [-0.39, 0.29) is 31.8 Å². The fourth-order valence-electron chi connectivity index (χ4n) is 4.91. The molecular weight excluding hydrogens is 492 g/mol. The number of carbonyl (C=O) groups is 2. The van der Waals surface area contributed by atoms with Gasteiger partial charge in [0.25, 0.3) is 0 Å². The zero-order chi connectivity index (χ0) is 28.0. The smallest absolute Gasteiger partial charge is 0.247 e. The molecular formula is C28H40N2O8. The summed E-state index contributed by atoms with van der Waals surface area (Å²) >= 11 is 0. The van der Waals surface area contributed by atoms with Crippen LogP contribution < -0.4 is 14.8 Å². The van der Waals surface area contributed by atoms with Crippen LogP contribution in [0.2, 0.25) is 0 Å². The van der Waals surface area contributed by atoms with Crippen LogP contribution in [0, 0.1) is 0 Å². The van der Waals surface area contributed by atoms with Gasteiger partial charge in [-0.25, -0.2) is 0 Å². The number of fused-ring (bicyclic) bond motifs is 3. The molecule has 2 amide bonds. The van der Waals surface area contributed by atoms with Crippen molar-refractivity contribution in [3.05, 3.63) is 46.6 Å². The van der Waals surface area contributed by atoms with E-state index in [0.29, 0.717) is 47.8 Å². The molecule has 0 aromatic heterocycles. The monoisotopic (exact) mass is 532 g/mol. The maximum absolute atomic E-state index is 13.3. The number of amides is 2. The van der Waals surface area contributed by atoms with Crippen molar-refractivity contribution < 1.29 is 39.1 Å². The molecule has 0 spiro atoms. The van der Waals surface area contributed by atoms with Crippen molar-refractivity contribution in [1.29, 1.82) is 0 Å². The Balaban J connectivity index is 2.07. The van der Waals surface area contributed by atoms with E-state index in [0.717, 1.165) is 5.57 Å². The van der Waals surface area contributed by atoms with Crippen LogP contribution in [-0.2, 0) is 20.9 Å². The summed E-state index contributed by atoms with van der Waals surface area (Å²) in [5.41, 5.74) is 2.29. The predicted molar refractivity (Wildman–Crippen MR) is 141 cm³/mol. The highest BCUT2D eigenvalue weighted by Gasteiger charge is 2.51. The molecule has 10 nitrogen and oxygen atoms in total. The molecule has 4 unspecified atom stereocenters. The van der Waals surface area contributed by atoms with Gasteiger partial charge in [-0.2, -0.15) is 0 Å². The average Bonchev–Trinajstić information content (AvgIpc) is 3.26. The lowest BCUT2D eigenvalue weighted by Gasteiger charge is -2.40. The Hall–Kier alpha value is -2.92. The van der Waals surface area contributed by atoms with Gasteiger partial charge < -0.3 is 39.7 Å². The van der Waals surface area contributed by atoms with E-state index in [1.54, 1.807) is 23.1 Å². The number of hydrogen-bond acceptors (Lipinski definition) is 8. The van der Waals surface area contributed by atoms with Crippen molar-refractivity contribution in [3.8, 4) is 11.5 Å². The summed E-state index contributed by atoms with van der Waals surface area (Å²) in [5.74, 6) is -0.636. The third-order valence-electron chi connectivity index (χ3n) is 6.54. The first kappa shape index (κ1) is 29.6. The van der Waals surface area contributed by atoms with E-state index in [2.05, 4.69) is 5.32 Å². The molecule has 0 bridgehead atoms. The van der Waals surface area contributed by atoms with E-state index in [1.165, 1.54) is 13.2 Å². The second-order valence-corrected chi connectivity index (χ2v) is 10.0. The number of aliphatic hydroxyl groups excluding tert-OH is 3. The highest BCUT2D eigenvalue weighted by molar-refractivity contribution is 5.96. The van der Waals surface area contributed by atoms with Crippen LogP contribution in [0.25, 0.3) is 0 Å². The zero-order valence-electron chi connectivity index (χ0n) is 22.8. The molecule has 10 heteroatoms. The maximum atomic E-state index is 13.3. The van der Waals surface area contributed by atoms with E-state index in [4.69, 9.17) is 14.2 Å². The largest absolute Gasteiger partial charge is 0.493 e. The molecule has 1 aromatic rings. The molecule has 0 saturated carbocycles. The van der Waals surface area contributed by atoms with Gasteiger partial charge in [-0.1, -0.05) is 5.57 Å². The molecule has 1 aliphatic heterocycles. The number of ether oxygens (including phenoxy) is 3. The molecule has 4 N–H and O–H groups in total. The van der Waals surface area contributed by atoms with Crippen LogP contribution >= 0.6 is 0 Å². The summed E-state index contributed by atoms with van der Waals surface area (Å²) in [7, 11) is 1.48. The molecule has 1 aromatic carbocycles. The minimum absolute atomic E-state index is 0.0431. The molecule has 1 heterocycles. The van der Waals surface area contributed by atoms with Crippen molar-refractivity contribution in [3.63, 3.8) is 0 Å². The number of allylic oxidation sites excluding steroid dienone is 1. The van der Waals surface area contributed by atoms with Crippen molar-refractivity contribution in [2.24, 2.45) is 0 Å². The Morgan fingerprint density at radius 3 is 2.58 bits per heavy atom. The molecule has 2 aliphatic rings. The van der Waals surface area contributed by atoms with Crippen LogP contribution in [-0.4, -0.2) is 89.8 Å². The van der Waals surface area contributed by atoms with Crippen LogP contribution in [0.5, 0.6) is 11.5 Å². The van der Waals surface area contributed by atoms with Crippen molar-refractivity contribution in [2.45, 2.75) is 71.0 Å². The van der Waals surface area contributed by atoms with Crippen molar-refractivity contribution in [2.75, 3.05) is 33.4 Å². The second-order valence-electron chi connectivity index (χ2n) is 10.0. The average molecular weight is 533 g/mol. The topological polar surface area (TPSA) is 138 Å². The Morgan fingerprint density at radius 1 is 1.24 bits per heavy atom. The fraction of sp³-hybridized carbons (Fsp3) is 0.571. The Morgan fingerprint density at radius 2 is 1.97 bits per heavy atom. The summed E-state index contributed by atoms with van der Waals surface area (Å²) in [6, 6.07) is 2.53. The van der Waals surface area contributed by atoms with Crippen molar-refractivity contribution in [1.82, 2.24) is 10.2 Å². The van der Waals surface area contributed by atoms with Gasteiger partial charge in [-0.05, 0) is 57.9 Å². The second kappa shape index (κ2) is 13.2. The van der Waals surface area contributed by atoms with Crippen LogP contribution in [0.4, 0.5) is 0 Å². The highest BCUT2D eigenvalue weighted by atomic mass is 16.5. The Kier molecular flexibility index (Phi) is 10.3. The van der Waals surface area contributed by atoms with E-state index in [1.807, 2.05) is 27.7 Å². The molecule has 38 heavy (non-hydrogen) atoms. The van der Waals surface area contributed by atoms with Gasteiger partial charge >= 0.3 is 0 Å². The molecule has 210 valence electrons. The number of nitrogens with one attached hydrogen (secondary N) is 1. The minimum Gasteiger partial charge on any atom is -0.493 e. The number of aliphatic hydroxyl groups is 3. The quantitative estimate of drug-likeness (QED) is 0.234. The molecule has 0 saturated heterocycles. The number of carbonyl (C=O) groups excluding carboxylic acids is 2. The molecule has 3 rings (SSSR count). The minimum atomic E-state index is -1.16. The van der Waals surface area contributed by atoms with Crippen LogP contribution in [0.3, 0.4) is 0 Å². The van der Waals surface area contributed by atoms with Crippen LogP contribution in [0.1, 0.15) is 51.2 Å². The number of methoxy groups -OCH3 is 1. The standard InChI is InChI=1S/C28H40N2O8/c1-16(2)11-23(33)30(8-6-10-37-17(3)4)21-14-20(28(35)29-7-9-31)24-19-12-18(15-32)13-22(36-5)26(19)38-27(24)25(21)34/h11-14,17,21,24-25,27,31-32,34H,6-10,15H2,1-5H3,(H,29,35).